The zero-order chi connectivity index (χ0) is 11.5. The molecule has 16 heavy (non-hydrogen) atoms. The molecule has 0 amide bonds. The van der Waals surface area contributed by atoms with Gasteiger partial charge < -0.3 is 5.32 Å². The number of thiocarbonyl (C=S) groups is 2. The van der Waals surface area contributed by atoms with Gasteiger partial charge in [-0.05, 0) is 17.8 Å². The molecule has 1 aliphatic rings. The minimum atomic E-state index is 0.538. The molecular formula is C11H11N3S2. The molecular weight excluding hydrogens is 238 g/mol. The van der Waals surface area contributed by atoms with Crippen LogP contribution in [0.1, 0.15) is 12.0 Å². The highest BCUT2D eigenvalue weighted by molar-refractivity contribution is 7.81. The first-order chi connectivity index (χ1) is 7.66. The van der Waals surface area contributed by atoms with Crippen molar-refractivity contribution in [2.24, 2.45) is 5.10 Å². The van der Waals surface area contributed by atoms with E-state index in [1.165, 1.54) is 0 Å². The molecule has 0 aliphatic carbocycles. The Morgan fingerprint density at radius 1 is 1.25 bits per heavy atom. The average molecular weight is 249 g/mol. The van der Waals surface area contributed by atoms with E-state index >= 15 is 0 Å². The van der Waals surface area contributed by atoms with Crippen molar-refractivity contribution in [1.29, 1.82) is 0 Å². The molecule has 1 aromatic rings. The lowest BCUT2D eigenvalue weighted by Crippen LogP contribution is -2.34. The largest absolute Gasteiger partial charge is 0.325 e. The van der Waals surface area contributed by atoms with E-state index in [4.69, 9.17) is 24.4 Å². The molecule has 1 N–H and O–H groups in total. The van der Waals surface area contributed by atoms with Crippen LogP contribution >= 0.6 is 24.4 Å². The molecule has 0 fully saturated rings. The smallest absolute Gasteiger partial charge is 0.194 e. The minimum absolute atomic E-state index is 0.538. The van der Waals surface area contributed by atoms with Crippen molar-refractivity contribution in [3.05, 3.63) is 35.9 Å². The predicted molar refractivity (Wildman–Crippen MR) is 73.7 cm³/mol. The maximum atomic E-state index is 5.19. The lowest BCUT2D eigenvalue weighted by molar-refractivity contribution is 0.545. The maximum Gasteiger partial charge on any atom is 0.194 e. The summed E-state index contributed by atoms with van der Waals surface area (Å²) in [4.78, 5) is 0.706. The van der Waals surface area contributed by atoms with Gasteiger partial charge in [0.25, 0.3) is 0 Å². The van der Waals surface area contributed by atoms with E-state index in [9.17, 15) is 0 Å². The second-order valence-electron chi connectivity index (χ2n) is 3.47. The molecule has 0 atom stereocenters. The third-order valence-electron chi connectivity index (χ3n) is 2.25. The summed E-state index contributed by atoms with van der Waals surface area (Å²) in [6.45, 7) is 0. The molecule has 3 nitrogen and oxygen atoms in total. The number of hydrogen-bond acceptors (Lipinski definition) is 3. The Kier molecular flexibility index (Phi) is 3.26. The first-order valence-electron chi connectivity index (χ1n) is 4.87. The molecule has 0 saturated heterocycles. The summed E-state index contributed by atoms with van der Waals surface area (Å²) in [5, 5.41) is 9.58. The lowest BCUT2D eigenvalue weighted by atomic mass is 10.1. The predicted octanol–water partition coefficient (Wildman–Crippen LogP) is 1.93. The Balaban J connectivity index is 2.36. The van der Waals surface area contributed by atoms with Crippen molar-refractivity contribution < 1.29 is 0 Å². The van der Waals surface area contributed by atoms with Gasteiger partial charge in [-0.3, -0.25) is 0 Å². The molecule has 5 heteroatoms. The number of hydrazone groups is 1. The Morgan fingerprint density at radius 2 is 1.94 bits per heavy atom. The normalized spacial score (nSPS) is 16.6. The van der Waals surface area contributed by atoms with Crippen molar-refractivity contribution >= 4 is 40.2 Å². The Hall–Kier alpha value is -1.33. The monoisotopic (exact) mass is 249 g/mol. The van der Waals surface area contributed by atoms with Crippen molar-refractivity contribution in [3.8, 4) is 0 Å². The second-order valence-corrected chi connectivity index (χ2v) is 4.35. The van der Waals surface area contributed by atoms with Gasteiger partial charge in [-0.2, -0.15) is 5.10 Å². The van der Waals surface area contributed by atoms with E-state index in [1.54, 1.807) is 5.01 Å². The topological polar surface area (TPSA) is 27.6 Å². The molecule has 82 valence electrons. The highest BCUT2D eigenvalue weighted by Crippen LogP contribution is 2.09. The van der Waals surface area contributed by atoms with Gasteiger partial charge in [0.15, 0.2) is 5.11 Å². The number of nitrogens with one attached hydrogen (secondary N) is 1. The molecule has 0 unspecified atom stereocenters. The van der Waals surface area contributed by atoms with E-state index < -0.39 is 0 Å². The van der Waals surface area contributed by atoms with Crippen molar-refractivity contribution in [3.63, 3.8) is 0 Å². The Morgan fingerprint density at radius 3 is 2.62 bits per heavy atom. The number of benzene rings is 1. The van der Waals surface area contributed by atoms with Crippen molar-refractivity contribution in [2.45, 2.75) is 6.42 Å². The molecule has 0 saturated carbocycles. The number of hydrogen-bond donors (Lipinski definition) is 1. The summed E-state index contributed by atoms with van der Waals surface area (Å²) in [7, 11) is 1.81. The second kappa shape index (κ2) is 4.67. The van der Waals surface area contributed by atoms with Gasteiger partial charge in [-0.1, -0.05) is 42.5 Å². The van der Waals surface area contributed by atoms with E-state index in [2.05, 4.69) is 10.4 Å². The van der Waals surface area contributed by atoms with Crippen LogP contribution in [0.15, 0.2) is 35.4 Å². The van der Waals surface area contributed by atoms with Gasteiger partial charge in [0, 0.05) is 13.5 Å². The van der Waals surface area contributed by atoms with Gasteiger partial charge >= 0.3 is 0 Å². The first-order valence-corrected chi connectivity index (χ1v) is 5.69. The van der Waals surface area contributed by atoms with E-state index in [-0.39, 0.29) is 0 Å². The summed E-state index contributed by atoms with van der Waals surface area (Å²) >= 11 is 10.3. The fraction of sp³-hybridized carbons (Fsp3) is 0.182. The summed E-state index contributed by atoms with van der Waals surface area (Å²) in [6.07, 6.45) is 0.615. The quantitative estimate of drug-likeness (QED) is 0.770. The molecule has 1 aromatic carbocycles. The highest BCUT2D eigenvalue weighted by atomic mass is 32.1. The van der Waals surface area contributed by atoms with Crippen LogP contribution < -0.4 is 5.32 Å². The van der Waals surface area contributed by atoms with Crippen LogP contribution in [0.5, 0.6) is 0 Å². The van der Waals surface area contributed by atoms with Crippen LogP contribution in [0.4, 0.5) is 0 Å². The number of rotatable bonds is 1. The summed E-state index contributed by atoms with van der Waals surface area (Å²) < 4.78 is 0. The van der Waals surface area contributed by atoms with Crippen LogP contribution in [0.2, 0.25) is 0 Å². The minimum Gasteiger partial charge on any atom is -0.325 e. The summed E-state index contributed by atoms with van der Waals surface area (Å²) in [5.74, 6) is 0. The fourth-order valence-electron chi connectivity index (χ4n) is 1.45. The van der Waals surface area contributed by atoms with Crippen LogP contribution in [0.25, 0.3) is 0 Å². The van der Waals surface area contributed by atoms with Crippen LogP contribution in [0.3, 0.4) is 0 Å². The molecule has 1 aliphatic heterocycles. The average Bonchev–Trinajstić information content (AvgIpc) is 2.40. The summed E-state index contributed by atoms with van der Waals surface area (Å²) in [6, 6.07) is 9.98. The van der Waals surface area contributed by atoms with Gasteiger partial charge in [-0.15, -0.1) is 0 Å². The first kappa shape index (κ1) is 11.2. The van der Waals surface area contributed by atoms with E-state index in [0.717, 1.165) is 11.3 Å². The van der Waals surface area contributed by atoms with Crippen LogP contribution in [-0.4, -0.2) is 27.9 Å². The molecule has 0 aromatic heterocycles. The van der Waals surface area contributed by atoms with Crippen LogP contribution in [-0.2, 0) is 0 Å². The highest BCUT2D eigenvalue weighted by Gasteiger charge is 2.15. The molecule has 2 rings (SSSR count). The van der Waals surface area contributed by atoms with Gasteiger partial charge in [0.2, 0.25) is 0 Å². The third kappa shape index (κ3) is 2.43. The molecule has 0 bridgehead atoms. The van der Waals surface area contributed by atoms with E-state index in [1.807, 2.05) is 37.4 Å². The Labute approximate surface area is 105 Å². The van der Waals surface area contributed by atoms with Gasteiger partial charge in [-0.25, -0.2) is 5.01 Å². The number of nitrogens with zero attached hydrogens (tertiary/aromatic N) is 2. The zero-order valence-corrected chi connectivity index (χ0v) is 10.4. The molecule has 0 spiro atoms. The summed E-state index contributed by atoms with van der Waals surface area (Å²) in [5.41, 5.74) is 2.00. The maximum absolute atomic E-state index is 5.19. The Bertz CT molecular complexity index is 454. The standard InChI is InChI=1S/C11H11N3S2/c1-14-11(16)12-10(15)7-9(13-14)8-5-3-2-4-6-8/h2-6H,7H2,1H3,(H,12,15,16). The fourth-order valence-corrected chi connectivity index (χ4v) is 1.91. The lowest BCUT2D eigenvalue weighted by Gasteiger charge is -2.11. The third-order valence-corrected chi connectivity index (χ3v) is 2.86. The van der Waals surface area contributed by atoms with Crippen molar-refractivity contribution in [2.75, 3.05) is 7.05 Å². The van der Waals surface area contributed by atoms with Gasteiger partial charge in [0.05, 0.1) is 10.7 Å². The van der Waals surface area contributed by atoms with Crippen molar-refractivity contribution in [1.82, 2.24) is 10.3 Å². The molecule has 1 heterocycles. The van der Waals surface area contributed by atoms with E-state index in [0.29, 0.717) is 16.5 Å². The SMILES string of the molecule is CN1N=C(c2ccccc2)CC(=S)NC1=S. The van der Waals surface area contributed by atoms with Crippen LogP contribution in [0, 0.1) is 0 Å². The zero-order valence-electron chi connectivity index (χ0n) is 8.80. The molecule has 0 radical (unpaired) electrons. The van der Waals surface area contributed by atoms with Gasteiger partial charge in [0.1, 0.15) is 0 Å².